The maximum absolute atomic E-state index is 10.8. The Bertz CT molecular complexity index is 289. The predicted octanol–water partition coefficient (Wildman–Crippen LogP) is 1.75. The Morgan fingerprint density at radius 3 is 2.31 bits per heavy atom. The van der Waals surface area contributed by atoms with E-state index in [1.165, 1.54) is 6.26 Å². The summed E-state index contributed by atoms with van der Waals surface area (Å²) in [6, 6.07) is 2.22. The highest BCUT2D eigenvalue weighted by atomic mass is 32.2. The van der Waals surface area contributed by atoms with Gasteiger partial charge in [0.1, 0.15) is 9.84 Å². The second-order valence-electron chi connectivity index (χ2n) is 3.76. The second kappa shape index (κ2) is 4.61. The fraction of sp³-hybridized carbons (Fsp3) is 0.889. The molecular formula is C9H17NO2S. The Kier molecular flexibility index (Phi) is 4.41. The molecule has 0 aromatic rings. The van der Waals surface area contributed by atoms with Gasteiger partial charge in [0, 0.05) is 12.0 Å². The first-order valence-corrected chi connectivity index (χ1v) is 6.48. The Balaban J connectivity index is 3.97. The molecule has 0 spiro atoms. The first-order chi connectivity index (χ1) is 5.83. The highest BCUT2D eigenvalue weighted by Gasteiger charge is 2.21. The summed E-state index contributed by atoms with van der Waals surface area (Å²) in [6.07, 6.45) is 3.24. The Hall–Kier alpha value is -0.560. The molecule has 0 fully saturated rings. The lowest BCUT2D eigenvalue weighted by Gasteiger charge is -2.18. The molecule has 0 bridgehead atoms. The van der Waals surface area contributed by atoms with Gasteiger partial charge in [0.15, 0.2) is 0 Å². The van der Waals surface area contributed by atoms with E-state index < -0.39 is 9.84 Å². The van der Waals surface area contributed by atoms with E-state index in [1.54, 1.807) is 0 Å². The second-order valence-corrected chi connectivity index (χ2v) is 6.02. The minimum atomic E-state index is -2.87. The van der Waals surface area contributed by atoms with E-state index in [9.17, 15) is 8.42 Å². The molecule has 0 aliphatic carbocycles. The van der Waals surface area contributed by atoms with Crippen molar-refractivity contribution in [2.24, 2.45) is 5.41 Å². The first-order valence-electron chi connectivity index (χ1n) is 4.42. The zero-order chi connectivity index (χ0) is 10.5. The Morgan fingerprint density at radius 2 is 2.00 bits per heavy atom. The molecule has 0 aromatic heterocycles. The van der Waals surface area contributed by atoms with Gasteiger partial charge in [0.05, 0.1) is 11.5 Å². The van der Waals surface area contributed by atoms with Crippen LogP contribution in [-0.2, 0) is 9.84 Å². The average Bonchev–Trinajstić information content (AvgIpc) is 2.02. The lowest BCUT2D eigenvalue weighted by molar-refractivity contribution is 0.386. The van der Waals surface area contributed by atoms with Gasteiger partial charge in [-0.25, -0.2) is 8.42 Å². The summed E-state index contributed by atoms with van der Waals surface area (Å²) in [7, 11) is -2.87. The molecule has 13 heavy (non-hydrogen) atoms. The lowest BCUT2D eigenvalue weighted by Crippen LogP contribution is -2.14. The van der Waals surface area contributed by atoms with Gasteiger partial charge < -0.3 is 0 Å². The Labute approximate surface area is 80.7 Å². The third-order valence-corrected chi connectivity index (χ3v) is 3.32. The molecule has 1 atom stereocenters. The molecule has 0 N–H and O–H groups in total. The van der Waals surface area contributed by atoms with Crippen molar-refractivity contribution < 1.29 is 8.42 Å². The van der Waals surface area contributed by atoms with E-state index in [-0.39, 0.29) is 11.2 Å². The summed E-state index contributed by atoms with van der Waals surface area (Å²) in [6.45, 7) is 3.82. The fourth-order valence-electron chi connectivity index (χ4n) is 1.04. The quantitative estimate of drug-likeness (QED) is 0.684. The molecule has 1 unspecified atom stereocenters. The number of nitrogens with zero attached hydrogens (tertiary/aromatic N) is 1. The van der Waals surface area contributed by atoms with Gasteiger partial charge in [-0.1, -0.05) is 6.92 Å². The van der Waals surface area contributed by atoms with Crippen LogP contribution in [-0.4, -0.2) is 20.4 Å². The van der Waals surface area contributed by atoms with E-state index in [0.717, 1.165) is 6.42 Å². The number of sulfone groups is 1. The highest BCUT2D eigenvalue weighted by Crippen LogP contribution is 2.26. The predicted molar refractivity (Wildman–Crippen MR) is 53.0 cm³/mol. The summed E-state index contributed by atoms with van der Waals surface area (Å²) < 4.78 is 21.6. The molecule has 0 aliphatic rings. The molecule has 4 heteroatoms. The summed E-state index contributed by atoms with van der Waals surface area (Å²) in [5, 5.41) is 8.82. The molecule has 0 saturated heterocycles. The molecule has 0 rings (SSSR count). The van der Waals surface area contributed by atoms with E-state index in [1.807, 2.05) is 13.8 Å². The largest absolute Gasteiger partial charge is 0.229 e. The van der Waals surface area contributed by atoms with E-state index >= 15 is 0 Å². The van der Waals surface area contributed by atoms with Crippen molar-refractivity contribution in [3.63, 3.8) is 0 Å². The standard InChI is InChI=1S/C9H17NO2S/c1-4-9(2,8-10)6-5-7-13(3,11)12/h4-7H2,1-3H3. The van der Waals surface area contributed by atoms with Gasteiger partial charge in [-0.2, -0.15) is 5.26 Å². The third kappa shape index (κ3) is 5.64. The number of hydrogen-bond donors (Lipinski definition) is 0. The van der Waals surface area contributed by atoms with Crippen molar-refractivity contribution >= 4 is 9.84 Å². The maximum atomic E-state index is 10.8. The van der Waals surface area contributed by atoms with Gasteiger partial charge in [0.2, 0.25) is 0 Å². The lowest BCUT2D eigenvalue weighted by atomic mass is 9.85. The zero-order valence-electron chi connectivity index (χ0n) is 8.50. The SMILES string of the molecule is CCC(C)(C#N)CCCS(C)(=O)=O. The topological polar surface area (TPSA) is 57.9 Å². The van der Waals surface area contributed by atoms with Gasteiger partial charge in [0.25, 0.3) is 0 Å². The molecule has 3 nitrogen and oxygen atoms in total. The van der Waals surface area contributed by atoms with Crippen molar-refractivity contribution in [3.05, 3.63) is 0 Å². The zero-order valence-corrected chi connectivity index (χ0v) is 9.32. The van der Waals surface area contributed by atoms with Crippen LogP contribution in [0.1, 0.15) is 33.1 Å². The summed E-state index contributed by atoms with van der Waals surface area (Å²) in [5.41, 5.74) is -0.356. The minimum absolute atomic E-state index is 0.185. The van der Waals surface area contributed by atoms with Crippen LogP contribution in [0.15, 0.2) is 0 Å². The van der Waals surface area contributed by atoms with Gasteiger partial charge >= 0.3 is 0 Å². The van der Waals surface area contributed by atoms with Crippen LogP contribution in [0.3, 0.4) is 0 Å². The average molecular weight is 203 g/mol. The third-order valence-electron chi connectivity index (χ3n) is 2.29. The molecule has 0 radical (unpaired) electrons. The van der Waals surface area contributed by atoms with Crippen molar-refractivity contribution in [1.29, 1.82) is 5.26 Å². The monoisotopic (exact) mass is 203 g/mol. The van der Waals surface area contributed by atoms with E-state index in [2.05, 4.69) is 6.07 Å². The van der Waals surface area contributed by atoms with Crippen LogP contribution < -0.4 is 0 Å². The van der Waals surface area contributed by atoms with E-state index in [0.29, 0.717) is 12.8 Å². The van der Waals surface area contributed by atoms with Gasteiger partial charge in [-0.3, -0.25) is 0 Å². The number of hydrogen-bond acceptors (Lipinski definition) is 3. The van der Waals surface area contributed by atoms with Gasteiger partial charge in [-0.15, -0.1) is 0 Å². The summed E-state index contributed by atoms with van der Waals surface area (Å²) >= 11 is 0. The number of nitriles is 1. The van der Waals surface area contributed by atoms with Gasteiger partial charge in [-0.05, 0) is 26.2 Å². The normalized spacial score (nSPS) is 16.2. The van der Waals surface area contributed by atoms with Crippen LogP contribution in [0.2, 0.25) is 0 Å². The molecule has 0 aromatic carbocycles. The molecule has 0 heterocycles. The summed E-state index contributed by atoms with van der Waals surface area (Å²) in [5.74, 6) is 0.185. The first kappa shape index (κ1) is 12.4. The molecular weight excluding hydrogens is 186 g/mol. The van der Waals surface area contributed by atoms with Crippen LogP contribution in [0, 0.1) is 16.7 Å². The van der Waals surface area contributed by atoms with Crippen molar-refractivity contribution in [2.75, 3.05) is 12.0 Å². The van der Waals surface area contributed by atoms with Crippen LogP contribution in [0.25, 0.3) is 0 Å². The van der Waals surface area contributed by atoms with Crippen LogP contribution in [0.4, 0.5) is 0 Å². The Morgan fingerprint density at radius 1 is 1.46 bits per heavy atom. The summed E-state index contributed by atoms with van der Waals surface area (Å²) in [4.78, 5) is 0. The smallest absolute Gasteiger partial charge is 0.147 e. The number of rotatable bonds is 5. The maximum Gasteiger partial charge on any atom is 0.147 e. The fourth-order valence-corrected chi connectivity index (χ4v) is 1.70. The van der Waals surface area contributed by atoms with Crippen LogP contribution in [0.5, 0.6) is 0 Å². The van der Waals surface area contributed by atoms with Crippen LogP contribution >= 0.6 is 0 Å². The van der Waals surface area contributed by atoms with E-state index in [4.69, 9.17) is 5.26 Å². The van der Waals surface area contributed by atoms with Crippen molar-refractivity contribution in [3.8, 4) is 6.07 Å². The highest BCUT2D eigenvalue weighted by molar-refractivity contribution is 7.90. The van der Waals surface area contributed by atoms with Crippen molar-refractivity contribution in [1.82, 2.24) is 0 Å². The molecule has 76 valence electrons. The van der Waals surface area contributed by atoms with Crippen molar-refractivity contribution in [2.45, 2.75) is 33.1 Å². The molecule has 0 aliphatic heterocycles. The molecule has 0 amide bonds. The molecule has 0 saturated carbocycles. The minimum Gasteiger partial charge on any atom is -0.229 e.